The first-order valence-electron chi connectivity index (χ1n) is 7.34. The van der Waals surface area contributed by atoms with Crippen LogP contribution in [0.4, 0.5) is 22.4 Å². The van der Waals surface area contributed by atoms with Crippen LogP contribution in [0.2, 0.25) is 0 Å². The summed E-state index contributed by atoms with van der Waals surface area (Å²) >= 11 is 0. The van der Waals surface area contributed by atoms with Gasteiger partial charge in [-0.25, -0.2) is 9.18 Å². The minimum atomic E-state index is -4.76. The summed E-state index contributed by atoms with van der Waals surface area (Å²) in [5, 5.41) is 2.44. The van der Waals surface area contributed by atoms with Crippen molar-refractivity contribution in [1.82, 2.24) is 5.32 Å². The van der Waals surface area contributed by atoms with Gasteiger partial charge in [-0.15, -0.1) is 0 Å². The summed E-state index contributed by atoms with van der Waals surface area (Å²) in [6.45, 7) is 0.176. The summed E-state index contributed by atoms with van der Waals surface area (Å²) in [6.07, 6.45) is -2.61. The summed E-state index contributed by atoms with van der Waals surface area (Å²) < 4.78 is 56.0. The molecule has 0 saturated heterocycles. The Balaban J connectivity index is 1.82. The maximum atomic E-state index is 13.2. The Morgan fingerprint density at radius 1 is 1.12 bits per heavy atom. The van der Waals surface area contributed by atoms with Crippen LogP contribution in [-0.4, -0.2) is 12.6 Å². The van der Waals surface area contributed by atoms with Gasteiger partial charge < -0.3 is 10.1 Å². The van der Waals surface area contributed by atoms with Gasteiger partial charge in [0, 0.05) is 6.54 Å². The Morgan fingerprint density at radius 3 is 2.52 bits per heavy atom. The quantitative estimate of drug-likeness (QED) is 0.786. The van der Waals surface area contributed by atoms with Crippen LogP contribution in [0.5, 0.6) is 0 Å². The van der Waals surface area contributed by atoms with Crippen molar-refractivity contribution in [1.29, 1.82) is 0 Å². The average molecular weight is 353 g/mol. The van der Waals surface area contributed by atoms with E-state index in [0.717, 1.165) is 11.6 Å². The predicted octanol–water partition coefficient (Wildman–Crippen LogP) is 4.78. The van der Waals surface area contributed by atoms with Gasteiger partial charge in [0.05, 0.1) is 5.56 Å². The van der Waals surface area contributed by atoms with E-state index in [1.807, 2.05) is 18.2 Å². The topological polar surface area (TPSA) is 38.3 Å². The highest BCUT2D eigenvalue weighted by molar-refractivity contribution is 5.67. The number of halogens is 4. The number of alkyl carbamates (subject to hydrolysis) is 1. The molecule has 0 bridgehead atoms. The molecule has 0 aliphatic heterocycles. The number of benzene rings is 2. The van der Waals surface area contributed by atoms with Crippen molar-refractivity contribution < 1.29 is 27.1 Å². The highest BCUT2D eigenvalue weighted by atomic mass is 19.4. The standard InChI is InChI=1S/C18H15F4NO2/c19-16-9-8-13(11-15(16)18(20,21)22)7-4-10-23-17(24)25-12-14-5-2-1-3-6-14/h1-9,11H,10,12H2,(H,23,24). The van der Waals surface area contributed by atoms with Crippen LogP contribution in [0.15, 0.2) is 54.6 Å². The van der Waals surface area contributed by atoms with Crippen molar-refractivity contribution in [3.05, 3.63) is 77.1 Å². The van der Waals surface area contributed by atoms with E-state index in [9.17, 15) is 22.4 Å². The average Bonchev–Trinajstić information content (AvgIpc) is 2.58. The van der Waals surface area contributed by atoms with Crippen LogP contribution in [0.3, 0.4) is 0 Å². The Kier molecular flexibility index (Phi) is 6.16. The van der Waals surface area contributed by atoms with Crippen molar-refractivity contribution in [3.63, 3.8) is 0 Å². The van der Waals surface area contributed by atoms with Gasteiger partial charge >= 0.3 is 12.3 Å². The largest absolute Gasteiger partial charge is 0.445 e. The minimum Gasteiger partial charge on any atom is -0.445 e. The SMILES string of the molecule is O=C(NCC=Cc1ccc(F)c(C(F)(F)F)c1)OCc1ccccc1. The molecule has 0 fully saturated rings. The molecule has 0 aliphatic carbocycles. The molecule has 0 atom stereocenters. The zero-order valence-electron chi connectivity index (χ0n) is 13.0. The predicted molar refractivity (Wildman–Crippen MR) is 85.1 cm³/mol. The first-order valence-corrected chi connectivity index (χ1v) is 7.34. The number of hydrogen-bond donors (Lipinski definition) is 1. The van der Waals surface area contributed by atoms with Crippen molar-refractivity contribution in [3.8, 4) is 0 Å². The number of amides is 1. The second kappa shape index (κ2) is 8.32. The Labute approximate surface area is 141 Å². The molecule has 2 aromatic carbocycles. The molecule has 3 nitrogen and oxygen atoms in total. The van der Waals surface area contributed by atoms with Crippen molar-refractivity contribution in [2.24, 2.45) is 0 Å². The first kappa shape index (κ1) is 18.5. The number of alkyl halides is 3. The Morgan fingerprint density at radius 2 is 1.84 bits per heavy atom. The van der Waals surface area contributed by atoms with Gasteiger partial charge in [0.25, 0.3) is 0 Å². The monoisotopic (exact) mass is 353 g/mol. The van der Waals surface area contributed by atoms with Crippen molar-refractivity contribution in [2.45, 2.75) is 12.8 Å². The third-order valence-electron chi connectivity index (χ3n) is 3.18. The highest BCUT2D eigenvalue weighted by Crippen LogP contribution is 2.32. The van der Waals surface area contributed by atoms with E-state index in [1.165, 1.54) is 18.2 Å². The summed E-state index contributed by atoms with van der Waals surface area (Å²) in [7, 11) is 0. The molecular formula is C18H15F4NO2. The molecule has 7 heteroatoms. The highest BCUT2D eigenvalue weighted by Gasteiger charge is 2.33. The van der Waals surface area contributed by atoms with E-state index in [0.29, 0.717) is 6.07 Å². The van der Waals surface area contributed by atoms with Gasteiger partial charge in [-0.2, -0.15) is 13.2 Å². The van der Waals surface area contributed by atoms with E-state index in [1.54, 1.807) is 12.1 Å². The molecule has 0 aromatic heterocycles. The molecule has 132 valence electrons. The minimum absolute atomic E-state index is 0.0619. The molecule has 0 aliphatic rings. The fraction of sp³-hybridized carbons (Fsp3) is 0.167. The molecule has 0 unspecified atom stereocenters. The summed E-state index contributed by atoms with van der Waals surface area (Å²) in [5.74, 6) is -1.33. The van der Waals surface area contributed by atoms with Crippen molar-refractivity contribution in [2.75, 3.05) is 6.54 Å². The molecular weight excluding hydrogens is 338 g/mol. The lowest BCUT2D eigenvalue weighted by molar-refractivity contribution is -0.140. The van der Waals surface area contributed by atoms with Crippen LogP contribution < -0.4 is 5.32 Å². The fourth-order valence-corrected chi connectivity index (χ4v) is 1.98. The summed E-state index contributed by atoms with van der Waals surface area (Å²) in [5.41, 5.74) is -0.322. The van der Waals surface area contributed by atoms with Gasteiger partial charge in [0.2, 0.25) is 0 Å². The normalized spacial score (nSPS) is 11.5. The second-order valence-corrected chi connectivity index (χ2v) is 5.08. The zero-order valence-corrected chi connectivity index (χ0v) is 13.0. The number of nitrogens with one attached hydrogen (secondary N) is 1. The van der Waals surface area contributed by atoms with Crippen LogP contribution >= 0.6 is 0 Å². The maximum absolute atomic E-state index is 13.2. The Bertz CT molecular complexity index is 742. The number of hydrogen-bond acceptors (Lipinski definition) is 2. The third-order valence-corrected chi connectivity index (χ3v) is 3.18. The van der Waals surface area contributed by atoms with E-state index in [2.05, 4.69) is 5.32 Å². The van der Waals surface area contributed by atoms with Crippen LogP contribution in [0.25, 0.3) is 6.08 Å². The number of ether oxygens (including phenoxy) is 1. The summed E-state index contributed by atoms with van der Waals surface area (Å²) in [4.78, 5) is 11.5. The lowest BCUT2D eigenvalue weighted by Gasteiger charge is -2.08. The van der Waals surface area contributed by atoms with Crippen molar-refractivity contribution >= 4 is 12.2 Å². The smallest absolute Gasteiger partial charge is 0.419 e. The molecule has 0 heterocycles. The zero-order chi connectivity index (χ0) is 18.3. The second-order valence-electron chi connectivity index (χ2n) is 5.08. The number of rotatable bonds is 5. The van der Waals surface area contributed by atoms with E-state index in [-0.39, 0.29) is 18.7 Å². The maximum Gasteiger partial charge on any atom is 0.419 e. The molecule has 2 aromatic rings. The Hall–Kier alpha value is -2.83. The van der Waals surface area contributed by atoms with Gasteiger partial charge in [-0.05, 0) is 23.3 Å². The van der Waals surface area contributed by atoms with Crippen LogP contribution in [0.1, 0.15) is 16.7 Å². The van der Waals surface area contributed by atoms with E-state index >= 15 is 0 Å². The third kappa shape index (κ3) is 5.95. The number of carbonyl (C=O) groups is 1. The molecule has 2 rings (SSSR count). The molecule has 0 saturated carbocycles. The molecule has 0 spiro atoms. The first-order chi connectivity index (χ1) is 11.9. The van der Waals surface area contributed by atoms with Gasteiger partial charge in [-0.3, -0.25) is 0 Å². The van der Waals surface area contributed by atoms with Crippen LogP contribution in [-0.2, 0) is 17.5 Å². The van der Waals surface area contributed by atoms with Gasteiger partial charge in [-0.1, -0.05) is 48.6 Å². The van der Waals surface area contributed by atoms with Gasteiger partial charge in [0.15, 0.2) is 0 Å². The molecule has 25 heavy (non-hydrogen) atoms. The molecule has 0 radical (unpaired) electrons. The lowest BCUT2D eigenvalue weighted by atomic mass is 10.1. The fourth-order valence-electron chi connectivity index (χ4n) is 1.98. The van der Waals surface area contributed by atoms with Gasteiger partial charge in [0.1, 0.15) is 12.4 Å². The van der Waals surface area contributed by atoms with E-state index in [4.69, 9.17) is 4.74 Å². The summed E-state index contributed by atoms with van der Waals surface area (Å²) in [6, 6.07) is 11.8. The van der Waals surface area contributed by atoms with Crippen LogP contribution in [0, 0.1) is 5.82 Å². The van der Waals surface area contributed by atoms with E-state index < -0.39 is 23.7 Å². The molecule has 1 N–H and O–H groups in total. The lowest BCUT2D eigenvalue weighted by Crippen LogP contribution is -2.24. The number of carbonyl (C=O) groups excluding carboxylic acids is 1. The molecule has 1 amide bonds.